The average Bonchev–Trinajstić information content (AvgIpc) is 2.95. The Bertz CT molecular complexity index is 1020. The summed E-state index contributed by atoms with van der Waals surface area (Å²) in [5.74, 6) is -1.22. The van der Waals surface area contributed by atoms with Crippen molar-refractivity contribution in [1.82, 2.24) is 4.98 Å². The lowest BCUT2D eigenvalue weighted by Crippen LogP contribution is -2.21. The quantitative estimate of drug-likeness (QED) is 0.542. The van der Waals surface area contributed by atoms with Crippen molar-refractivity contribution in [2.24, 2.45) is 0 Å². The van der Waals surface area contributed by atoms with E-state index in [1.54, 1.807) is 6.07 Å². The number of halogens is 3. The molecule has 0 bridgehead atoms. The van der Waals surface area contributed by atoms with Crippen LogP contribution < -0.4 is 10.6 Å². The maximum absolute atomic E-state index is 13.6. The number of H-pyrrole nitrogens is 1. The Hall–Kier alpha value is -2.77. The Morgan fingerprint density at radius 1 is 1.08 bits per heavy atom. The van der Waals surface area contributed by atoms with E-state index in [1.807, 2.05) is 0 Å². The van der Waals surface area contributed by atoms with E-state index in [9.17, 15) is 14.0 Å². The van der Waals surface area contributed by atoms with Gasteiger partial charge < -0.3 is 20.4 Å². The number of nitrogens with one attached hydrogen (secondary N) is 3. The zero-order valence-corrected chi connectivity index (χ0v) is 14.8. The number of fused-ring (bicyclic) bond motifs is 1. The molecule has 0 aliphatic carbocycles. The fourth-order valence-corrected chi connectivity index (χ4v) is 2.70. The van der Waals surface area contributed by atoms with Gasteiger partial charge in [-0.1, -0.05) is 23.2 Å². The van der Waals surface area contributed by atoms with Crippen LogP contribution in [0.2, 0.25) is 10.0 Å². The maximum Gasteiger partial charge on any atom is 0.356 e. The van der Waals surface area contributed by atoms with Crippen molar-refractivity contribution < 1.29 is 18.7 Å². The van der Waals surface area contributed by atoms with Crippen LogP contribution in [-0.2, 0) is 4.74 Å². The third-order valence-corrected chi connectivity index (χ3v) is 4.31. The number of amides is 2. The van der Waals surface area contributed by atoms with Crippen LogP contribution in [0.4, 0.5) is 20.6 Å². The summed E-state index contributed by atoms with van der Waals surface area (Å²) < 4.78 is 18.3. The molecule has 6 nitrogen and oxygen atoms in total. The van der Waals surface area contributed by atoms with Gasteiger partial charge in [-0.15, -0.1) is 0 Å². The molecule has 0 atom stereocenters. The van der Waals surface area contributed by atoms with Gasteiger partial charge in [-0.25, -0.2) is 14.0 Å². The smallest absolute Gasteiger partial charge is 0.356 e. The number of aromatic amines is 1. The first-order chi connectivity index (χ1) is 12.4. The fraction of sp³-hybridized carbons (Fsp3) is 0.0588. The number of carbonyl (C=O) groups is 2. The lowest BCUT2D eigenvalue weighted by Gasteiger charge is -2.09. The molecule has 9 heteroatoms. The molecule has 0 saturated carbocycles. The maximum atomic E-state index is 13.6. The summed E-state index contributed by atoms with van der Waals surface area (Å²) in [4.78, 5) is 27.1. The first-order valence-electron chi connectivity index (χ1n) is 7.31. The number of methoxy groups -OCH3 is 1. The lowest BCUT2D eigenvalue weighted by atomic mass is 10.2. The number of carbonyl (C=O) groups excluding carboxylic acids is 2. The highest BCUT2D eigenvalue weighted by molar-refractivity contribution is 6.42. The number of rotatable bonds is 3. The molecule has 0 spiro atoms. The molecule has 2 aromatic carbocycles. The molecule has 0 fully saturated rings. The third-order valence-electron chi connectivity index (χ3n) is 3.57. The van der Waals surface area contributed by atoms with Crippen LogP contribution in [0, 0.1) is 5.82 Å². The van der Waals surface area contributed by atoms with Gasteiger partial charge in [-0.3, -0.25) is 0 Å². The second kappa shape index (κ2) is 7.23. The standard InChI is InChI=1S/C17H12Cl2FN3O3/c1-26-16(24)15-14(10-6-8(20)2-5-13(10)22-15)23-17(25)21-9-3-4-11(18)12(19)7-9/h2-7,22H,1H3,(H2,21,23,25). The van der Waals surface area contributed by atoms with E-state index in [0.29, 0.717) is 21.6 Å². The van der Waals surface area contributed by atoms with E-state index in [4.69, 9.17) is 27.9 Å². The minimum atomic E-state index is -0.702. The Balaban J connectivity index is 1.93. The highest BCUT2D eigenvalue weighted by Gasteiger charge is 2.20. The van der Waals surface area contributed by atoms with E-state index in [2.05, 4.69) is 15.6 Å². The molecule has 1 aromatic heterocycles. The first-order valence-corrected chi connectivity index (χ1v) is 8.07. The molecule has 0 radical (unpaired) electrons. The van der Waals surface area contributed by atoms with Crippen LogP contribution in [0.3, 0.4) is 0 Å². The van der Waals surface area contributed by atoms with Crippen molar-refractivity contribution in [3.05, 3.63) is 58.0 Å². The molecule has 2 amide bonds. The van der Waals surface area contributed by atoms with Crippen LogP contribution >= 0.6 is 23.2 Å². The van der Waals surface area contributed by atoms with Crippen molar-refractivity contribution in [1.29, 1.82) is 0 Å². The normalized spacial score (nSPS) is 10.6. The fourth-order valence-electron chi connectivity index (χ4n) is 2.40. The Morgan fingerprint density at radius 2 is 1.85 bits per heavy atom. The number of esters is 1. The molecule has 3 N–H and O–H groups in total. The van der Waals surface area contributed by atoms with Gasteiger partial charge in [0.05, 0.1) is 22.8 Å². The minimum absolute atomic E-state index is 0.00242. The van der Waals surface area contributed by atoms with Gasteiger partial charge in [0.1, 0.15) is 11.5 Å². The number of anilines is 2. The van der Waals surface area contributed by atoms with Gasteiger partial charge in [-0.2, -0.15) is 0 Å². The van der Waals surface area contributed by atoms with Crippen molar-refractivity contribution >= 4 is 57.5 Å². The van der Waals surface area contributed by atoms with Crippen molar-refractivity contribution in [2.75, 3.05) is 17.7 Å². The summed E-state index contributed by atoms with van der Waals surface area (Å²) in [5, 5.41) is 6.04. The van der Waals surface area contributed by atoms with Crippen molar-refractivity contribution in [2.45, 2.75) is 0 Å². The van der Waals surface area contributed by atoms with Crippen LogP contribution in [0.1, 0.15) is 10.5 Å². The van der Waals surface area contributed by atoms with Crippen LogP contribution in [0.25, 0.3) is 10.9 Å². The second-order valence-corrected chi connectivity index (χ2v) is 6.08. The largest absolute Gasteiger partial charge is 0.464 e. The number of benzene rings is 2. The molecule has 0 saturated heterocycles. The van der Waals surface area contributed by atoms with Gasteiger partial charge in [0, 0.05) is 16.6 Å². The molecule has 3 rings (SSSR count). The molecule has 3 aromatic rings. The topological polar surface area (TPSA) is 83.2 Å². The molecule has 26 heavy (non-hydrogen) atoms. The van der Waals surface area contributed by atoms with Gasteiger partial charge in [0.2, 0.25) is 0 Å². The van der Waals surface area contributed by atoms with Crippen molar-refractivity contribution in [3.8, 4) is 0 Å². The summed E-state index contributed by atoms with van der Waals surface area (Å²) in [5.41, 5.74) is 0.959. The van der Waals surface area contributed by atoms with Crippen molar-refractivity contribution in [3.63, 3.8) is 0 Å². The predicted octanol–water partition coefficient (Wildman–Crippen LogP) is 5.04. The van der Waals surface area contributed by atoms with Crippen LogP contribution in [-0.4, -0.2) is 24.1 Å². The number of ether oxygens (including phenoxy) is 1. The van der Waals surface area contributed by atoms with Crippen LogP contribution in [0.15, 0.2) is 36.4 Å². The first kappa shape index (κ1) is 18.0. The molecule has 134 valence electrons. The minimum Gasteiger partial charge on any atom is -0.464 e. The van der Waals surface area contributed by atoms with Crippen LogP contribution in [0.5, 0.6) is 0 Å². The molecule has 0 aliphatic heterocycles. The zero-order valence-electron chi connectivity index (χ0n) is 13.3. The van der Waals surface area contributed by atoms with E-state index < -0.39 is 17.8 Å². The SMILES string of the molecule is COC(=O)c1[nH]c2ccc(F)cc2c1NC(=O)Nc1ccc(Cl)c(Cl)c1. The zero-order chi connectivity index (χ0) is 18.8. The Kier molecular flexibility index (Phi) is 5.01. The Morgan fingerprint density at radius 3 is 2.54 bits per heavy atom. The number of hydrogen-bond donors (Lipinski definition) is 3. The molecule has 1 heterocycles. The summed E-state index contributed by atoms with van der Waals surface area (Å²) in [6.07, 6.45) is 0. The number of hydrogen-bond acceptors (Lipinski definition) is 3. The van der Waals surface area contributed by atoms with Gasteiger partial charge in [0.25, 0.3) is 0 Å². The third kappa shape index (κ3) is 3.58. The van der Waals surface area contributed by atoms with Gasteiger partial charge >= 0.3 is 12.0 Å². The average molecular weight is 396 g/mol. The highest BCUT2D eigenvalue weighted by Crippen LogP contribution is 2.30. The predicted molar refractivity (Wildman–Crippen MR) is 98.7 cm³/mol. The van der Waals surface area contributed by atoms with Gasteiger partial charge in [0.15, 0.2) is 0 Å². The van der Waals surface area contributed by atoms with E-state index >= 15 is 0 Å². The second-order valence-electron chi connectivity index (χ2n) is 5.26. The molecular weight excluding hydrogens is 384 g/mol. The summed E-state index contributed by atoms with van der Waals surface area (Å²) in [6, 6.07) is 7.80. The number of aromatic nitrogens is 1. The lowest BCUT2D eigenvalue weighted by molar-refractivity contribution is 0.0596. The van der Waals surface area contributed by atoms with Gasteiger partial charge in [-0.05, 0) is 36.4 Å². The molecule has 0 aliphatic rings. The van der Waals surface area contributed by atoms with E-state index in [0.717, 1.165) is 0 Å². The summed E-state index contributed by atoms with van der Waals surface area (Å²) in [6.45, 7) is 0. The van der Waals surface area contributed by atoms with E-state index in [-0.39, 0.29) is 16.4 Å². The number of urea groups is 1. The van der Waals surface area contributed by atoms with E-state index in [1.165, 1.54) is 37.4 Å². The molecule has 0 unspecified atom stereocenters. The summed E-state index contributed by atoms with van der Waals surface area (Å²) >= 11 is 11.7. The highest BCUT2D eigenvalue weighted by atomic mass is 35.5. The summed E-state index contributed by atoms with van der Waals surface area (Å²) in [7, 11) is 1.20. The Labute approximate surface area is 157 Å². The monoisotopic (exact) mass is 395 g/mol. The molecular formula is C17H12Cl2FN3O3.